The average molecular weight is 482 g/mol. The predicted molar refractivity (Wildman–Crippen MR) is 138 cm³/mol. The number of nitrogens with one attached hydrogen (secondary N) is 3. The van der Waals surface area contributed by atoms with Gasteiger partial charge in [-0.1, -0.05) is 17.7 Å². The van der Waals surface area contributed by atoms with Crippen molar-refractivity contribution < 1.29 is 9.59 Å². The topological polar surface area (TPSA) is 99.8 Å². The van der Waals surface area contributed by atoms with E-state index in [9.17, 15) is 9.59 Å². The van der Waals surface area contributed by atoms with Crippen LogP contribution in [-0.4, -0.2) is 26.8 Å². The minimum Gasteiger partial charge on any atom is -0.338 e. The van der Waals surface area contributed by atoms with E-state index < -0.39 is 0 Å². The quantitative estimate of drug-likeness (QED) is 0.283. The van der Waals surface area contributed by atoms with Crippen LogP contribution in [0.5, 0.6) is 0 Å². The van der Waals surface area contributed by atoms with Crippen molar-refractivity contribution in [1.82, 2.24) is 15.0 Å². The zero-order valence-corrected chi connectivity index (χ0v) is 19.4. The number of rotatable bonds is 5. The third-order valence-electron chi connectivity index (χ3n) is 5.45. The fourth-order valence-electron chi connectivity index (χ4n) is 3.64. The molecule has 0 bridgehead atoms. The molecule has 0 saturated heterocycles. The molecule has 2 heterocycles. The first-order valence-corrected chi connectivity index (χ1v) is 11.2. The molecule has 2 aromatic heterocycles. The number of carbonyl (C=O) groups is 2. The van der Waals surface area contributed by atoms with Gasteiger partial charge in [-0.3, -0.25) is 14.6 Å². The highest BCUT2D eigenvalue weighted by Crippen LogP contribution is 2.25. The minimum absolute atomic E-state index is 0.234. The van der Waals surface area contributed by atoms with Gasteiger partial charge in [0.15, 0.2) is 0 Å². The van der Waals surface area contributed by atoms with Crippen LogP contribution in [0.25, 0.3) is 22.4 Å². The summed E-state index contributed by atoms with van der Waals surface area (Å²) in [4.78, 5) is 36.9. The molecule has 0 aliphatic heterocycles. The molecule has 35 heavy (non-hydrogen) atoms. The number of aromatic nitrogens is 3. The molecule has 0 fully saturated rings. The minimum atomic E-state index is -0.271. The molecule has 172 valence electrons. The number of fused-ring (bicyclic) bond motifs is 1. The van der Waals surface area contributed by atoms with Gasteiger partial charge in [0.25, 0.3) is 11.8 Å². The third-order valence-corrected chi connectivity index (χ3v) is 5.76. The summed E-state index contributed by atoms with van der Waals surface area (Å²) in [6.45, 7) is 1.92. The summed E-state index contributed by atoms with van der Waals surface area (Å²) in [5.74, 6) is 0.171. The molecule has 2 amide bonds. The Hall–Kier alpha value is -4.49. The largest absolute Gasteiger partial charge is 0.338 e. The molecular formula is C27H20ClN5O2. The number of imidazole rings is 1. The number of H-pyrrole nitrogens is 1. The second-order valence-corrected chi connectivity index (χ2v) is 8.44. The molecule has 0 aliphatic rings. The van der Waals surface area contributed by atoms with Gasteiger partial charge >= 0.3 is 0 Å². The molecule has 0 radical (unpaired) electrons. The van der Waals surface area contributed by atoms with Crippen molar-refractivity contribution in [2.24, 2.45) is 0 Å². The van der Waals surface area contributed by atoms with Gasteiger partial charge in [0, 0.05) is 29.3 Å². The summed E-state index contributed by atoms with van der Waals surface area (Å²) < 4.78 is 0. The van der Waals surface area contributed by atoms with Gasteiger partial charge in [0.05, 0.1) is 27.2 Å². The van der Waals surface area contributed by atoms with Crippen LogP contribution < -0.4 is 10.6 Å². The molecule has 0 atom stereocenters. The molecule has 0 aliphatic carbocycles. The van der Waals surface area contributed by atoms with Crippen LogP contribution in [0, 0.1) is 6.92 Å². The van der Waals surface area contributed by atoms with Crippen LogP contribution in [0.15, 0.2) is 85.2 Å². The number of aryl methyl sites for hydroxylation is 1. The maximum Gasteiger partial charge on any atom is 0.257 e. The lowest BCUT2D eigenvalue weighted by Gasteiger charge is -2.08. The van der Waals surface area contributed by atoms with E-state index in [0.29, 0.717) is 33.3 Å². The van der Waals surface area contributed by atoms with Gasteiger partial charge in [-0.05, 0) is 79.2 Å². The maximum absolute atomic E-state index is 12.6. The normalized spacial score (nSPS) is 10.8. The standard InChI is InChI=1S/C27H20ClN5O2/c1-16-4-10-21(22(28)13-16)27(35)30-19-7-5-17(6-8-19)25-32-23-11-9-20(14-24(23)33-25)31-26(34)18-3-2-12-29-15-18/h2-15H,1H3,(H,30,35)(H,31,34)(H,32,33). The molecule has 0 spiro atoms. The Morgan fingerprint density at radius 3 is 2.40 bits per heavy atom. The van der Waals surface area contributed by atoms with Gasteiger partial charge in [0.2, 0.25) is 0 Å². The SMILES string of the molecule is Cc1ccc(C(=O)Nc2ccc(-c3nc4ccc(NC(=O)c5cccnc5)cc4[nH]3)cc2)c(Cl)c1. The molecule has 0 unspecified atom stereocenters. The van der Waals surface area contributed by atoms with Gasteiger partial charge in [-0.25, -0.2) is 4.98 Å². The van der Waals surface area contributed by atoms with E-state index in [0.717, 1.165) is 22.2 Å². The summed E-state index contributed by atoms with van der Waals surface area (Å²) in [5, 5.41) is 6.15. The molecule has 7 nitrogen and oxygen atoms in total. The fraction of sp³-hybridized carbons (Fsp3) is 0.0370. The van der Waals surface area contributed by atoms with Crippen LogP contribution in [0.1, 0.15) is 26.3 Å². The number of carbonyl (C=O) groups excluding carboxylic acids is 2. The van der Waals surface area contributed by atoms with Crippen molar-refractivity contribution >= 4 is 45.8 Å². The van der Waals surface area contributed by atoms with Crippen LogP contribution in [-0.2, 0) is 0 Å². The van der Waals surface area contributed by atoms with E-state index in [4.69, 9.17) is 11.6 Å². The number of hydrogen-bond donors (Lipinski definition) is 3. The zero-order valence-electron chi connectivity index (χ0n) is 18.7. The van der Waals surface area contributed by atoms with Crippen molar-refractivity contribution in [3.05, 3.63) is 107 Å². The second kappa shape index (κ2) is 9.40. The number of pyridine rings is 1. The Bertz CT molecular complexity index is 1550. The number of nitrogens with zero attached hydrogens (tertiary/aromatic N) is 2. The maximum atomic E-state index is 12.6. The fourth-order valence-corrected chi connectivity index (χ4v) is 3.96. The number of anilines is 2. The van der Waals surface area contributed by atoms with Gasteiger partial charge in [0.1, 0.15) is 5.82 Å². The molecule has 3 N–H and O–H groups in total. The van der Waals surface area contributed by atoms with E-state index in [1.165, 1.54) is 6.20 Å². The molecule has 0 saturated carbocycles. The lowest BCUT2D eigenvalue weighted by atomic mass is 10.1. The van der Waals surface area contributed by atoms with E-state index >= 15 is 0 Å². The summed E-state index contributed by atoms with van der Waals surface area (Å²) in [6.07, 6.45) is 3.14. The summed E-state index contributed by atoms with van der Waals surface area (Å²) in [6, 6.07) is 21.6. The smallest absolute Gasteiger partial charge is 0.257 e. The van der Waals surface area contributed by atoms with Crippen molar-refractivity contribution in [2.45, 2.75) is 6.92 Å². The molecule has 3 aromatic carbocycles. The van der Waals surface area contributed by atoms with E-state index in [2.05, 4.69) is 25.6 Å². The first-order valence-electron chi connectivity index (χ1n) is 10.9. The van der Waals surface area contributed by atoms with E-state index in [1.54, 1.807) is 36.5 Å². The van der Waals surface area contributed by atoms with Crippen LogP contribution in [0.3, 0.4) is 0 Å². The Labute approximate surface area is 206 Å². The molecular weight excluding hydrogens is 462 g/mol. The molecule has 5 rings (SSSR count). The van der Waals surface area contributed by atoms with Gasteiger partial charge < -0.3 is 15.6 Å². The van der Waals surface area contributed by atoms with Crippen LogP contribution in [0.4, 0.5) is 11.4 Å². The second-order valence-electron chi connectivity index (χ2n) is 8.03. The number of halogens is 1. The zero-order chi connectivity index (χ0) is 24.4. The Morgan fingerprint density at radius 2 is 1.66 bits per heavy atom. The summed E-state index contributed by atoms with van der Waals surface area (Å²) in [7, 11) is 0. The first-order chi connectivity index (χ1) is 17.0. The monoisotopic (exact) mass is 481 g/mol. The Balaban J connectivity index is 1.31. The number of amides is 2. The average Bonchev–Trinajstić information content (AvgIpc) is 3.28. The lowest BCUT2D eigenvalue weighted by molar-refractivity contribution is 0.101. The highest BCUT2D eigenvalue weighted by atomic mass is 35.5. The lowest BCUT2D eigenvalue weighted by Crippen LogP contribution is -2.12. The number of aromatic amines is 1. The summed E-state index contributed by atoms with van der Waals surface area (Å²) >= 11 is 6.21. The van der Waals surface area contributed by atoms with Crippen molar-refractivity contribution in [3.8, 4) is 11.4 Å². The van der Waals surface area contributed by atoms with E-state index in [-0.39, 0.29) is 11.8 Å². The van der Waals surface area contributed by atoms with Crippen molar-refractivity contribution in [3.63, 3.8) is 0 Å². The summed E-state index contributed by atoms with van der Waals surface area (Å²) in [5.41, 5.74) is 5.60. The van der Waals surface area contributed by atoms with Crippen molar-refractivity contribution in [2.75, 3.05) is 10.6 Å². The highest BCUT2D eigenvalue weighted by Gasteiger charge is 2.12. The Morgan fingerprint density at radius 1 is 0.886 bits per heavy atom. The van der Waals surface area contributed by atoms with Crippen LogP contribution in [0.2, 0.25) is 5.02 Å². The number of benzene rings is 3. The first kappa shape index (κ1) is 22.3. The predicted octanol–water partition coefficient (Wildman–Crippen LogP) is 6.09. The van der Waals surface area contributed by atoms with Crippen LogP contribution >= 0.6 is 11.6 Å². The third kappa shape index (κ3) is 4.90. The molecule has 5 aromatic rings. The van der Waals surface area contributed by atoms with Crippen molar-refractivity contribution in [1.29, 1.82) is 0 Å². The molecule has 8 heteroatoms. The Kier molecular flexibility index (Phi) is 5.99. The van der Waals surface area contributed by atoms with Gasteiger partial charge in [-0.15, -0.1) is 0 Å². The number of hydrogen-bond acceptors (Lipinski definition) is 4. The highest BCUT2D eigenvalue weighted by molar-refractivity contribution is 6.34. The van der Waals surface area contributed by atoms with E-state index in [1.807, 2.05) is 49.4 Å². The van der Waals surface area contributed by atoms with Gasteiger partial charge in [-0.2, -0.15) is 0 Å².